The Balaban J connectivity index is 0.00000124. The third-order valence-electron chi connectivity index (χ3n) is 6.70. The third-order valence-corrected chi connectivity index (χ3v) is 6.93. The zero-order chi connectivity index (χ0) is 29.5. The van der Waals surface area contributed by atoms with Gasteiger partial charge in [0, 0.05) is 45.0 Å². The maximum atomic E-state index is 13.4. The first-order chi connectivity index (χ1) is 19.8. The number of ether oxygens (including phenoxy) is 1. The molecule has 1 unspecified atom stereocenters. The molecule has 1 aliphatic rings. The fraction of sp³-hybridized carbons (Fsp3) is 0.207. The first kappa shape index (κ1) is 29.1. The molecule has 12 heteroatoms. The van der Waals surface area contributed by atoms with Crippen LogP contribution >= 0.6 is 11.6 Å². The number of hydrogen-bond acceptors (Lipinski definition) is 6. The molecule has 2 aromatic carbocycles. The number of halogens is 1. The molecule has 11 nitrogen and oxygen atoms in total. The topological polar surface area (TPSA) is 155 Å². The van der Waals surface area contributed by atoms with Crippen molar-refractivity contribution in [3.8, 4) is 22.4 Å². The highest BCUT2D eigenvalue weighted by atomic mass is 35.5. The van der Waals surface area contributed by atoms with Crippen LogP contribution in [-0.2, 0) is 27.2 Å². The van der Waals surface area contributed by atoms with E-state index in [4.69, 9.17) is 26.5 Å². The van der Waals surface area contributed by atoms with Gasteiger partial charge < -0.3 is 24.7 Å². The summed E-state index contributed by atoms with van der Waals surface area (Å²) >= 11 is 6.21. The molecular weight excluding hydrogens is 550 g/mol. The molecule has 4 aromatic rings. The van der Waals surface area contributed by atoms with Crippen LogP contribution in [0.25, 0.3) is 22.4 Å². The molecule has 0 fully saturated rings. The molecule has 1 aliphatic heterocycles. The van der Waals surface area contributed by atoms with E-state index in [0.717, 1.165) is 41.3 Å². The summed E-state index contributed by atoms with van der Waals surface area (Å²) in [5, 5.41) is 12.7. The Labute approximate surface area is 240 Å². The number of anilines is 2. The van der Waals surface area contributed by atoms with Crippen molar-refractivity contribution in [2.45, 2.75) is 32.2 Å². The molecule has 3 heterocycles. The Morgan fingerprint density at radius 2 is 1.90 bits per heavy atom. The second-order valence-electron chi connectivity index (χ2n) is 9.05. The number of nitrogens with one attached hydrogen (secondary N) is 3. The van der Waals surface area contributed by atoms with Crippen molar-refractivity contribution >= 4 is 42.0 Å². The van der Waals surface area contributed by atoms with Gasteiger partial charge in [0.15, 0.2) is 0 Å². The van der Waals surface area contributed by atoms with Gasteiger partial charge in [-0.25, -0.2) is 9.78 Å². The van der Waals surface area contributed by atoms with E-state index >= 15 is 0 Å². The van der Waals surface area contributed by atoms with Crippen LogP contribution in [0.3, 0.4) is 0 Å². The van der Waals surface area contributed by atoms with Crippen molar-refractivity contribution in [3.05, 3.63) is 87.2 Å². The number of benzene rings is 2. The number of H-pyrrole nitrogens is 1. The van der Waals surface area contributed by atoms with Gasteiger partial charge in [-0.05, 0) is 61.2 Å². The second kappa shape index (κ2) is 13.0. The number of aryl methyl sites for hydroxylation is 2. The van der Waals surface area contributed by atoms with Crippen molar-refractivity contribution < 1.29 is 24.2 Å². The fourth-order valence-corrected chi connectivity index (χ4v) is 5.09. The van der Waals surface area contributed by atoms with E-state index in [1.165, 1.54) is 7.11 Å². The zero-order valence-corrected chi connectivity index (χ0v) is 23.1. The standard InChI is InChI=1S/C28H26ClN5O4.CH2O2/c1-3-22-26(16-4-7-19(8-5-16)31-28(37)38-2)33-27(32-22)24-11-9-20-12-17(13-25(36)34(20)24)21-14-18(29)6-10-23(21)30-15-35;2-1-3/h4-8,10,12-15,24H,3,9,11H2,1-2H3,(H,30,35)(H,31,37)(H,32,33);1H,(H,2,3). The largest absolute Gasteiger partial charge is 0.483 e. The highest BCUT2D eigenvalue weighted by molar-refractivity contribution is 6.31. The molecule has 0 bridgehead atoms. The quantitative estimate of drug-likeness (QED) is 0.223. The molecule has 0 spiro atoms. The molecule has 5 rings (SSSR count). The van der Waals surface area contributed by atoms with Crippen molar-refractivity contribution in [1.82, 2.24) is 14.5 Å². The lowest BCUT2D eigenvalue weighted by Gasteiger charge is -2.15. The molecule has 0 radical (unpaired) electrons. The number of rotatable bonds is 7. The summed E-state index contributed by atoms with van der Waals surface area (Å²) in [5.74, 6) is 0.730. The van der Waals surface area contributed by atoms with Crippen LogP contribution < -0.4 is 16.2 Å². The normalized spacial score (nSPS) is 13.4. The van der Waals surface area contributed by atoms with Gasteiger partial charge in [0.05, 0.1) is 18.8 Å². The van der Waals surface area contributed by atoms with E-state index in [9.17, 15) is 14.4 Å². The summed E-state index contributed by atoms with van der Waals surface area (Å²) in [4.78, 5) is 52.7. The minimum absolute atomic E-state index is 0.147. The van der Waals surface area contributed by atoms with Crippen LogP contribution in [0.4, 0.5) is 16.2 Å². The highest BCUT2D eigenvalue weighted by Gasteiger charge is 2.29. The Morgan fingerprint density at radius 1 is 1.17 bits per heavy atom. The molecule has 4 N–H and O–H groups in total. The van der Waals surface area contributed by atoms with E-state index in [2.05, 4.69) is 20.4 Å². The number of fused-ring (bicyclic) bond motifs is 1. The number of methoxy groups -OCH3 is 1. The van der Waals surface area contributed by atoms with Crippen LogP contribution in [-0.4, -0.2) is 45.7 Å². The van der Waals surface area contributed by atoms with Crippen LogP contribution in [0.15, 0.2) is 59.4 Å². The molecule has 212 valence electrons. The second-order valence-corrected chi connectivity index (χ2v) is 9.49. The third kappa shape index (κ3) is 6.30. The lowest BCUT2D eigenvalue weighted by Crippen LogP contribution is -2.24. The van der Waals surface area contributed by atoms with Gasteiger partial charge in [0.2, 0.25) is 6.41 Å². The van der Waals surface area contributed by atoms with Gasteiger partial charge in [-0.2, -0.15) is 0 Å². The Hall–Kier alpha value is -4.90. The predicted octanol–water partition coefficient (Wildman–Crippen LogP) is 5.10. The lowest BCUT2D eigenvalue weighted by molar-refractivity contribution is -0.122. The summed E-state index contributed by atoms with van der Waals surface area (Å²) in [7, 11) is 1.31. The van der Waals surface area contributed by atoms with Gasteiger partial charge in [0.25, 0.3) is 12.0 Å². The van der Waals surface area contributed by atoms with E-state index in [1.807, 2.05) is 25.1 Å². The molecule has 2 aromatic heterocycles. The smallest absolute Gasteiger partial charge is 0.411 e. The number of pyridine rings is 1. The number of nitrogens with zero attached hydrogens (tertiary/aromatic N) is 2. The summed E-state index contributed by atoms with van der Waals surface area (Å²) in [6.07, 6.45) is 2.24. The summed E-state index contributed by atoms with van der Waals surface area (Å²) in [5.41, 5.74) is 6.01. The number of hydrogen-bond donors (Lipinski definition) is 4. The number of aromatic amines is 1. The Morgan fingerprint density at radius 3 is 2.56 bits per heavy atom. The fourth-order valence-electron chi connectivity index (χ4n) is 4.92. The van der Waals surface area contributed by atoms with Crippen LogP contribution in [0.5, 0.6) is 0 Å². The van der Waals surface area contributed by atoms with Crippen LogP contribution in [0.1, 0.15) is 36.6 Å². The van der Waals surface area contributed by atoms with Crippen molar-refractivity contribution in [2.24, 2.45) is 0 Å². The molecule has 41 heavy (non-hydrogen) atoms. The summed E-state index contributed by atoms with van der Waals surface area (Å²) < 4.78 is 6.42. The first-order valence-corrected chi connectivity index (χ1v) is 13.1. The molecule has 0 saturated carbocycles. The monoisotopic (exact) mass is 577 g/mol. The molecule has 0 aliphatic carbocycles. The van der Waals surface area contributed by atoms with Gasteiger partial charge >= 0.3 is 6.09 Å². The Bertz CT molecular complexity index is 1630. The minimum atomic E-state index is -0.533. The maximum absolute atomic E-state index is 13.4. The number of aromatic nitrogens is 3. The van der Waals surface area contributed by atoms with Gasteiger partial charge in [-0.1, -0.05) is 30.7 Å². The molecule has 1 atom stereocenters. The summed E-state index contributed by atoms with van der Waals surface area (Å²) in [6, 6.07) is 15.8. The Kier molecular flexibility index (Phi) is 9.20. The average molecular weight is 578 g/mol. The van der Waals surface area contributed by atoms with E-state index < -0.39 is 6.09 Å². The van der Waals surface area contributed by atoms with E-state index in [1.54, 1.807) is 41.0 Å². The SMILES string of the molecule is CCc1[nH]c(C2CCc3cc(-c4cc(Cl)ccc4NC=O)cc(=O)n32)nc1-c1ccc(NC(=O)OC)cc1.O=CO. The van der Waals surface area contributed by atoms with Crippen LogP contribution in [0.2, 0.25) is 5.02 Å². The van der Waals surface area contributed by atoms with Crippen molar-refractivity contribution in [1.29, 1.82) is 0 Å². The van der Waals surface area contributed by atoms with Gasteiger partial charge in [-0.15, -0.1) is 0 Å². The summed E-state index contributed by atoms with van der Waals surface area (Å²) in [6.45, 7) is 1.80. The predicted molar refractivity (Wildman–Crippen MR) is 155 cm³/mol. The minimum Gasteiger partial charge on any atom is -0.483 e. The first-order valence-electron chi connectivity index (χ1n) is 12.7. The number of amides is 2. The van der Waals surface area contributed by atoms with Gasteiger partial charge in [-0.3, -0.25) is 19.7 Å². The van der Waals surface area contributed by atoms with E-state index in [-0.39, 0.29) is 18.1 Å². The number of carboxylic acid groups (broad SMARTS) is 1. The molecular formula is C29H28ClN5O6. The van der Waals surface area contributed by atoms with E-state index in [0.29, 0.717) is 40.4 Å². The molecule has 2 amide bonds. The number of carbonyl (C=O) groups is 3. The van der Waals surface area contributed by atoms with Crippen LogP contribution in [0, 0.1) is 0 Å². The lowest BCUT2D eigenvalue weighted by atomic mass is 10.0. The highest BCUT2D eigenvalue weighted by Crippen LogP contribution is 2.36. The van der Waals surface area contributed by atoms with Crippen molar-refractivity contribution in [2.75, 3.05) is 17.7 Å². The zero-order valence-electron chi connectivity index (χ0n) is 22.3. The average Bonchev–Trinajstić information content (AvgIpc) is 3.59. The molecule has 0 saturated heterocycles. The number of carbonyl (C=O) groups excluding carboxylic acids is 2. The van der Waals surface area contributed by atoms with Crippen molar-refractivity contribution in [3.63, 3.8) is 0 Å². The maximum Gasteiger partial charge on any atom is 0.411 e. The van der Waals surface area contributed by atoms with Gasteiger partial charge in [0.1, 0.15) is 5.82 Å². The number of imidazole rings is 1.